The second kappa shape index (κ2) is 10.8. The minimum atomic E-state index is -0.181. The Morgan fingerprint density at radius 2 is 1.38 bits per heavy atom. The van der Waals surface area contributed by atoms with Gasteiger partial charge >= 0.3 is 5.97 Å². The summed E-state index contributed by atoms with van der Waals surface area (Å²) in [4.78, 5) is 11.7. The Morgan fingerprint density at radius 3 is 1.97 bits per heavy atom. The lowest BCUT2D eigenvalue weighted by atomic mass is 9.70. The van der Waals surface area contributed by atoms with Crippen molar-refractivity contribution in [3.63, 3.8) is 0 Å². The van der Waals surface area contributed by atoms with Crippen molar-refractivity contribution in [1.29, 1.82) is 5.26 Å². The molecular formula is C26H31NO2. The molecule has 0 saturated heterocycles. The zero-order valence-corrected chi connectivity index (χ0v) is 17.2. The molecule has 2 aliphatic carbocycles. The van der Waals surface area contributed by atoms with Crippen LogP contribution in [0.3, 0.4) is 0 Å². The highest BCUT2D eigenvalue weighted by Crippen LogP contribution is 2.38. The molecule has 29 heavy (non-hydrogen) atoms. The van der Waals surface area contributed by atoms with E-state index in [2.05, 4.69) is 18.2 Å². The standard InChI is InChI=1S/C13H15N.C13H16O2/c14-11-13(9-5-2-6-10-13)12-7-3-1-4-8-12;14-13(11-7-3-1-4-8-11)15-12-9-5-2-6-10-12/h1,3-4,7-8H,2,5-6,9-10H2;2,5-6,9-11H,1,3-4,7-8H2. The van der Waals surface area contributed by atoms with Crippen LogP contribution in [0.4, 0.5) is 0 Å². The van der Waals surface area contributed by atoms with Crippen molar-refractivity contribution in [3.05, 3.63) is 66.2 Å². The number of esters is 1. The monoisotopic (exact) mass is 389 g/mol. The van der Waals surface area contributed by atoms with Gasteiger partial charge in [0.25, 0.3) is 0 Å². The van der Waals surface area contributed by atoms with Crippen molar-refractivity contribution in [2.45, 2.75) is 69.6 Å². The van der Waals surface area contributed by atoms with E-state index in [1.54, 1.807) is 0 Å². The van der Waals surface area contributed by atoms with Gasteiger partial charge in [-0.2, -0.15) is 5.26 Å². The van der Waals surface area contributed by atoms with E-state index in [4.69, 9.17) is 4.74 Å². The number of hydrogen-bond acceptors (Lipinski definition) is 3. The molecule has 0 unspecified atom stereocenters. The predicted molar refractivity (Wildman–Crippen MR) is 115 cm³/mol. The Hall–Kier alpha value is -2.60. The molecule has 2 aromatic rings. The molecule has 2 aromatic carbocycles. The number of nitrogens with zero attached hydrogens (tertiary/aromatic N) is 1. The lowest BCUT2D eigenvalue weighted by Gasteiger charge is -2.30. The van der Waals surface area contributed by atoms with Crippen molar-refractivity contribution in [2.24, 2.45) is 5.92 Å². The Labute approximate surface area is 174 Å². The van der Waals surface area contributed by atoms with E-state index in [0.29, 0.717) is 5.75 Å². The summed E-state index contributed by atoms with van der Waals surface area (Å²) >= 11 is 0. The van der Waals surface area contributed by atoms with Gasteiger partial charge in [-0.15, -0.1) is 0 Å². The van der Waals surface area contributed by atoms with Crippen molar-refractivity contribution in [3.8, 4) is 11.8 Å². The Morgan fingerprint density at radius 1 is 0.828 bits per heavy atom. The summed E-state index contributed by atoms with van der Waals surface area (Å²) in [5, 5.41) is 9.34. The first-order valence-electron chi connectivity index (χ1n) is 11.0. The minimum Gasteiger partial charge on any atom is -0.426 e. The molecule has 4 rings (SSSR count). The van der Waals surface area contributed by atoms with Crippen LogP contribution in [-0.2, 0) is 10.2 Å². The van der Waals surface area contributed by atoms with Crippen LogP contribution in [0.15, 0.2) is 60.7 Å². The Kier molecular flexibility index (Phi) is 7.87. The van der Waals surface area contributed by atoms with E-state index in [0.717, 1.165) is 38.5 Å². The summed E-state index contributed by atoms with van der Waals surface area (Å²) in [6, 6.07) is 22.1. The smallest absolute Gasteiger partial charge is 0.314 e. The van der Waals surface area contributed by atoms with Crippen LogP contribution in [0.5, 0.6) is 5.75 Å². The largest absolute Gasteiger partial charge is 0.426 e. The fourth-order valence-electron chi connectivity index (χ4n) is 4.40. The summed E-state index contributed by atoms with van der Waals surface area (Å²) in [6.07, 6.45) is 11.3. The summed E-state index contributed by atoms with van der Waals surface area (Å²) in [6.45, 7) is 0. The van der Waals surface area contributed by atoms with Gasteiger partial charge < -0.3 is 4.74 Å². The van der Waals surface area contributed by atoms with E-state index in [1.807, 2.05) is 48.5 Å². The number of para-hydroxylation sites is 1. The third kappa shape index (κ3) is 5.94. The molecule has 0 spiro atoms. The third-order valence-corrected chi connectivity index (χ3v) is 6.15. The van der Waals surface area contributed by atoms with Gasteiger partial charge in [0.2, 0.25) is 0 Å². The van der Waals surface area contributed by atoms with Gasteiger partial charge in [-0.05, 0) is 43.4 Å². The Bertz CT molecular complexity index is 782. The van der Waals surface area contributed by atoms with Crippen LogP contribution >= 0.6 is 0 Å². The highest BCUT2D eigenvalue weighted by molar-refractivity contribution is 5.75. The molecular weight excluding hydrogens is 358 g/mol. The average molecular weight is 390 g/mol. The number of nitriles is 1. The molecule has 2 saturated carbocycles. The quantitative estimate of drug-likeness (QED) is 0.440. The van der Waals surface area contributed by atoms with Gasteiger partial charge in [-0.25, -0.2) is 0 Å². The maximum Gasteiger partial charge on any atom is 0.314 e. The van der Waals surface area contributed by atoms with Crippen LogP contribution in [-0.4, -0.2) is 5.97 Å². The molecule has 3 nitrogen and oxygen atoms in total. The first kappa shape index (κ1) is 21.1. The molecule has 0 aromatic heterocycles. The second-order valence-corrected chi connectivity index (χ2v) is 8.19. The lowest BCUT2D eigenvalue weighted by Crippen LogP contribution is -2.26. The predicted octanol–water partition coefficient (Wildman–Crippen LogP) is 6.58. The van der Waals surface area contributed by atoms with E-state index in [1.165, 1.54) is 31.2 Å². The molecule has 0 aliphatic heterocycles. The van der Waals surface area contributed by atoms with Crippen molar-refractivity contribution in [1.82, 2.24) is 0 Å². The van der Waals surface area contributed by atoms with Crippen molar-refractivity contribution in [2.75, 3.05) is 0 Å². The molecule has 0 bridgehead atoms. The van der Waals surface area contributed by atoms with Crippen LogP contribution in [0.1, 0.15) is 69.8 Å². The van der Waals surface area contributed by atoms with E-state index in [9.17, 15) is 10.1 Å². The number of carbonyl (C=O) groups is 1. The first-order chi connectivity index (χ1) is 14.2. The number of benzene rings is 2. The van der Waals surface area contributed by atoms with Gasteiger partial charge in [0.1, 0.15) is 5.75 Å². The number of hydrogen-bond donors (Lipinski definition) is 0. The molecule has 152 valence electrons. The molecule has 2 fully saturated rings. The van der Waals surface area contributed by atoms with Gasteiger partial charge in [-0.1, -0.05) is 87.1 Å². The van der Waals surface area contributed by atoms with E-state index < -0.39 is 0 Å². The van der Waals surface area contributed by atoms with Gasteiger partial charge in [0.05, 0.1) is 17.4 Å². The van der Waals surface area contributed by atoms with Gasteiger partial charge in [0, 0.05) is 0 Å². The summed E-state index contributed by atoms with van der Waals surface area (Å²) in [7, 11) is 0. The lowest BCUT2D eigenvalue weighted by molar-refractivity contribution is -0.139. The SMILES string of the molecule is N#CC1(c2ccccc2)CCCCC1.O=C(Oc1ccccc1)C1CCCCC1. The fraction of sp³-hybridized carbons (Fsp3) is 0.462. The van der Waals surface area contributed by atoms with E-state index >= 15 is 0 Å². The zero-order valence-electron chi connectivity index (χ0n) is 17.2. The highest BCUT2D eigenvalue weighted by atomic mass is 16.5. The Balaban J connectivity index is 0.000000166. The number of carbonyl (C=O) groups excluding carboxylic acids is 1. The summed E-state index contributed by atoms with van der Waals surface area (Å²) < 4.78 is 5.31. The number of rotatable bonds is 3. The maximum atomic E-state index is 11.7. The van der Waals surface area contributed by atoms with E-state index in [-0.39, 0.29) is 17.3 Å². The van der Waals surface area contributed by atoms with Gasteiger partial charge in [0.15, 0.2) is 0 Å². The normalized spacial score (nSPS) is 18.6. The maximum absolute atomic E-state index is 11.7. The van der Waals surface area contributed by atoms with Crippen LogP contribution in [0.2, 0.25) is 0 Å². The van der Waals surface area contributed by atoms with Gasteiger partial charge in [-0.3, -0.25) is 4.79 Å². The van der Waals surface area contributed by atoms with Crippen LogP contribution in [0, 0.1) is 17.2 Å². The minimum absolute atomic E-state index is 0.0547. The summed E-state index contributed by atoms with van der Waals surface area (Å²) in [5.41, 5.74) is 1.03. The van der Waals surface area contributed by atoms with Crippen LogP contribution < -0.4 is 4.74 Å². The highest BCUT2D eigenvalue weighted by Gasteiger charge is 2.33. The topological polar surface area (TPSA) is 50.1 Å². The summed E-state index contributed by atoms with van der Waals surface area (Å²) in [5.74, 6) is 0.730. The first-order valence-corrected chi connectivity index (χ1v) is 11.0. The molecule has 3 heteroatoms. The molecule has 0 radical (unpaired) electrons. The molecule has 0 atom stereocenters. The molecule has 0 N–H and O–H groups in total. The second-order valence-electron chi connectivity index (χ2n) is 8.19. The molecule has 0 heterocycles. The van der Waals surface area contributed by atoms with Crippen LogP contribution in [0.25, 0.3) is 0 Å². The van der Waals surface area contributed by atoms with Crippen molar-refractivity contribution < 1.29 is 9.53 Å². The zero-order chi connectivity index (χ0) is 20.4. The molecule has 2 aliphatic rings. The molecule has 0 amide bonds. The number of ether oxygens (including phenoxy) is 1. The fourth-order valence-corrected chi connectivity index (χ4v) is 4.40. The third-order valence-electron chi connectivity index (χ3n) is 6.15. The van der Waals surface area contributed by atoms with Crippen molar-refractivity contribution >= 4 is 5.97 Å². The average Bonchev–Trinajstić information content (AvgIpc) is 2.82.